The van der Waals surface area contributed by atoms with Gasteiger partial charge in [0, 0.05) is 13.3 Å². The van der Waals surface area contributed by atoms with E-state index in [1.54, 1.807) is 0 Å². The van der Waals surface area contributed by atoms with Gasteiger partial charge in [-0.05, 0) is 0 Å². The third-order valence-corrected chi connectivity index (χ3v) is 1.93. The van der Waals surface area contributed by atoms with E-state index in [4.69, 9.17) is 18.9 Å². The summed E-state index contributed by atoms with van der Waals surface area (Å²) in [6, 6.07) is 0. The van der Waals surface area contributed by atoms with Gasteiger partial charge in [0.25, 0.3) is 0 Å². The van der Waals surface area contributed by atoms with Gasteiger partial charge in [0.05, 0.1) is 19.3 Å². The van der Waals surface area contributed by atoms with E-state index >= 15 is 0 Å². The maximum atomic E-state index is 10.4. The SMILES string of the molecule is CC(=O)OCCC1COC2OC2O1. The van der Waals surface area contributed by atoms with Crippen molar-refractivity contribution in [2.24, 2.45) is 0 Å². The number of ether oxygens (including phenoxy) is 4. The Kier molecular flexibility index (Phi) is 2.48. The summed E-state index contributed by atoms with van der Waals surface area (Å²) in [7, 11) is 0. The van der Waals surface area contributed by atoms with E-state index in [0.717, 1.165) is 0 Å². The van der Waals surface area contributed by atoms with Gasteiger partial charge in [-0.2, -0.15) is 0 Å². The molecule has 0 N–H and O–H groups in total. The molecule has 0 aromatic carbocycles. The summed E-state index contributed by atoms with van der Waals surface area (Å²) in [6.45, 7) is 2.28. The minimum atomic E-state index is -0.266. The Bertz CT molecular complexity index is 205. The van der Waals surface area contributed by atoms with Crippen LogP contribution in [-0.4, -0.2) is 37.9 Å². The first-order valence-corrected chi connectivity index (χ1v) is 4.31. The smallest absolute Gasteiger partial charge is 0.302 e. The molecule has 2 aliphatic rings. The van der Waals surface area contributed by atoms with Gasteiger partial charge in [-0.25, -0.2) is 0 Å². The molecule has 0 aromatic heterocycles. The monoisotopic (exact) mass is 188 g/mol. The van der Waals surface area contributed by atoms with Crippen molar-refractivity contribution in [2.45, 2.75) is 32.0 Å². The normalized spacial score (nSPS) is 36.5. The molecule has 3 atom stereocenters. The zero-order chi connectivity index (χ0) is 9.26. The van der Waals surface area contributed by atoms with Gasteiger partial charge in [0.2, 0.25) is 12.6 Å². The van der Waals surface area contributed by atoms with Crippen LogP contribution >= 0.6 is 0 Å². The number of fused-ring (bicyclic) bond motifs is 1. The zero-order valence-electron chi connectivity index (χ0n) is 7.39. The van der Waals surface area contributed by atoms with Crippen LogP contribution in [0.15, 0.2) is 0 Å². The van der Waals surface area contributed by atoms with Crippen LogP contribution in [-0.2, 0) is 23.7 Å². The zero-order valence-corrected chi connectivity index (χ0v) is 7.39. The molecule has 74 valence electrons. The maximum absolute atomic E-state index is 10.4. The lowest BCUT2D eigenvalue weighted by Crippen LogP contribution is -2.29. The van der Waals surface area contributed by atoms with Gasteiger partial charge < -0.3 is 18.9 Å². The summed E-state index contributed by atoms with van der Waals surface area (Å²) in [5, 5.41) is 0. The summed E-state index contributed by atoms with van der Waals surface area (Å²) >= 11 is 0. The van der Waals surface area contributed by atoms with E-state index < -0.39 is 0 Å². The van der Waals surface area contributed by atoms with Crippen molar-refractivity contribution >= 4 is 5.97 Å². The van der Waals surface area contributed by atoms with Crippen molar-refractivity contribution in [2.75, 3.05) is 13.2 Å². The number of rotatable bonds is 3. The van der Waals surface area contributed by atoms with Crippen LogP contribution in [0.5, 0.6) is 0 Å². The number of hydrogen-bond acceptors (Lipinski definition) is 5. The average molecular weight is 188 g/mol. The van der Waals surface area contributed by atoms with Crippen molar-refractivity contribution in [3.8, 4) is 0 Å². The van der Waals surface area contributed by atoms with Crippen LogP contribution in [0.25, 0.3) is 0 Å². The highest BCUT2D eigenvalue weighted by Crippen LogP contribution is 2.31. The lowest BCUT2D eigenvalue weighted by Gasteiger charge is -2.19. The molecular formula is C8H12O5. The standard InChI is InChI=1S/C8H12O5/c1-5(9)10-3-2-6-4-11-7-8(12-6)13-7/h6-8H,2-4H2,1H3. The number of carbonyl (C=O) groups is 1. The number of hydrogen-bond donors (Lipinski definition) is 0. The lowest BCUT2D eigenvalue weighted by molar-refractivity contribution is -0.144. The first-order valence-electron chi connectivity index (χ1n) is 4.31. The summed E-state index contributed by atoms with van der Waals surface area (Å²) in [5.74, 6) is -0.266. The molecule has 0 radical (unpaired) electrons. The topological polar surface area (TPSA) is 57.3 Å². The van der Waals surface area contributed by atoms with Crippen molar-refractivity contribution < 1.29 is 23.7 Å². The molecule has 3 unspecified atom stereocenters. The van der Waals surface area contributed by atoms with Gasteiger partial charge >= 0.3 is 5.97 Å². The van der Waals surface area contributed by atoms with Crippen LogP contribution in [0.4, 0.5) is 0 Å². The molecule has 0 aliphatic carbocycles. The maximum Gasteiger partial charge on any atom is 0.302 e. The molecule has 0 spiro atoms. The Morgan fingerprint density at radius 1 is 1.46 bits per heavy atom. The summed E-state index contributed by atoms with van der Waals surface area (Å²) < 4.78 is 20.4. The molecule has 5 nitrogen and oxygen atoms in total. The highest BCUT2D eigenvalue weighted by atomic mass is 16.9. The Morgan fingerprint density at radius 2 is 2.31 bits per heavy atom. The molecule has 2 saturated heterocycles. The highest BCUT2D eigenvalue weighted by Gasteiger charge is 2.47. The van der Waals surface area contributed by atoms with Crippen LogP contribution in [0.1, 0.15) is 13.3 Å². The van der Waals surface area contributed by atoms with E-state index in [2.05, 4.69) is 0 Å². The largest absolute Gasteiger partial charge is 0.466 e. The predicted octanol–water partition coefficient (Wildman–Crippen LogP) is 0.0374. The van der Waals surface area contributed by atoms with Gasteiger partial charge in [-0.1, -0.05) is 0 Å². The van der Waals surface area contributed by atoms with Crippen molar-refractivity contribution in [1.82, 2.24) is 0 Å². The minimum Gasteiger partial charge on any atom is -0.466 e. The van der Waals surface area contributed by atoms with E-state index in [9.17, 15) is 4.79 Å². The van der Waals surface area contributed by atoms with Crippen LogP contribution in [0.2, 0.25) is 0 Å². The molecule has 0 bridgehead atoms. The van der Waals surface area contributed by atoms with Crippen molar-refractivity contribution in [3.05, 3.63) is 0 Å². The summed E-state index contributed by atoms with van der Waals surface area (Å²) in [5.41, 5.74) is 0. The van der Waals surface area contributed by atoms with Gasteiger partial charge in [-0.3, -0.25) is 4.79 Å². The number of carbonyl (C=O) groups excluding carboxylic acids is 1. The average Bonchev–Trinajstić information content (AvgIpc) is 2.81. The lowest BCUT2D eigenvalue weighted by atomic mass is 10.2. The summed E-state index contributed by atoms with van der Waals surface area (Å²) in [6.07, 6.45) is 0.316. The number of esters is 1. The third kappa shape index (κ3) is 2.40. The summed E-state index contributed by atoms with van der Waals surface area (Å²) in [4.78, 5) is 10.4. The van der Waals surface area contributed by atoms with Crippen LogP contribution in [0.3, 0.4) is 0 Å². The molecule has 2 rings (SSSR count). The van der Waals surface area contributed by atoms with E-state index in [1.807, 2.05) is 0 Å². The van der Waals surface area contributed by atoms with Gasteiger partial charge in [-0.15, -0.1) is 0 Å². The van der Waals surface area contributed by atoms with Crippen LogP contribution in [0, 0.1) is 0 Å². The molecular weight excluding hydrogens is 176 g/mol. The third-order valence-electron chi connectivity index (χ3n) is 1.93. The molecule has 0 saturated carbocycles. The molecule has 5 heteroatoms. The Morgan fingerprint density at radius 3 is 3.00 bits per heavy atom. The molecule has 2 heterocycles. The first-order chi connectivity index (χ1) is 6.25. The van der Waals surface area contributed by atoms with Crippen molar-refractivity contribution in [3.63, 3.8) is 0 Å². The molecule has 0 aromatic rings. The minimum absolute atomic E-state index is 0.0110. The molecule has 2 fully saturated rings. The highest BCUT2D eigenvalue weighted by molar-refractivity contribution is 5.65. The van der Waals surface area contributed by atoms with E-state index in [0.29, 0.717) is 19.6 Å². The second-order valence-electron chi connectivity index (χ2n) is 3.09. The Balaban J connectivity index is 1.61. The Hall–Kier alpha value is -0.650. The fourth-order valence-corrected chi connectivity index (χ4v) is 1.22. The van der Waals surface area contributed by atoms with E-state index in [1.165, 1.54) is 6.92 Å². The molecule has 2 aliphatic heterocycles. The van der Waals surface area contributed by atoms with E-state index in [-0.39, 0.29) is 24.7 Å². The quantitative estimate of drug-likeness (QED) is 0.462. The molecule has 0 amide bonds. The Labute approximate surface area is 75.9 Å². The second-order valence-corrected chi connectivity index (χ2v) is 3.09. The predicted molar refractivity (Wildman–Crippen MR) is 40.7 cm³/mol. The fraction of sp³-hybridized carbons (Fsp3) is 0.875. The molecule has 13 heavy (non-hydrogen) atoms. The van der Waals surface area contributed by atoms with Gasteiger partial charge in [0.15, 0.2) is 0 Å². The van der Waals surface area contributed by atoms with Gasteiger partial charge in [0.1, 0.15) is 0 Å². The number of epoxide rings is 1. The van der Waals surface area contributed by atoms with Crippen LogP contribution < -0.4 is 0 Å². The first kappa shape index (κ1) is 8.93. The fourth-order valence-electron chi connectivity index (χ4n) is 1.22. The van der Waals surface area contributed by atoms with Crippen molar-refractivity contribution in [1.29, 1.82) is 0 Å². The second kappa shape index (κ2) is 3.61.